The summed E-state index contributed by atoms with van der Waals surface area (Å²) in [7, 11) is 0. The highest BCUT2D eigenvalue weighted by atomic mass is 16.6. The van der Waals surface area contributed by atoms with Gasteiger partial charge in [-0.25, -0.2) is 0 Å². The van der Waals surface area contributed by atoms with Gasteiger partial charge in [-0.3, -0.25) is 14.7 Å². The molecular formula is C18H19N3O2. The van der Waals surface area contributed by atoms with Crippen LogP contribution in [0, 0.1) is 13.8 Å². The van der Waals surface area contributed by atoms with Gasteiger partial charge in [-0.15, -0.1) is 0 Å². The first-order chi connectivity index (χ1) is 11.1. The molecule has 0 saturated heterocycles. The Labute approximate surface area is 135 Å². The van der Waals surface area contributed by atoms with Gasteiger partial charge < -0.3 is 4.84 Å². The van der Waals surface area contributed by atoms with Crippen molar-refractivity contribution in [2.45, 2.75) is 33.4 Å². The lowest BCUT2D eigenvalue weighted by Crippen LogP contribution is -2.46. The largest absolute Gasteiger partial charge is 0.381 e. The molecule has 0 aliphatic carbocycles. The maximum atomic E-state index is 12.6. The lowest BCUT2D eigenvalue weighted by Gasteiger charge is -2.30. The summed E-state index contributed by atoms with van der Waals surface area (Å²) in [5, 5.41) is 4.16. The molecule has 23 heavy (non-hydrogen) atoms. The molecule has 1 aromatic heterocycles. The van der Waals surface area contributed by atoms with E-state index in [0.29, 0.717) is 18.1 Å². The zero-order valence-electron chi connectivity index (χ0n) is 13.5. The van der Waals surface area contributed by atoms with Gasteiger partial charge in [0.1, 0.15) is 5.69 Å². The molecule has 0 radical (unpaired) electrons. The molecule has 0 N–H and O–H groups in total. The predicted octanol–water partition coefficient (Wildman–Crippen LogP) is 2.81. The third kappa shape index (κ3) is 2.95. The number of pyridine rings is 1. The molecule has 1 unspecified atom stereocenters. The average Bonchev–Trinajstić information content (AvgIpc) is 2.55. The summed E-state index contributed by atoms with van der Waals surface area (Å²) < 4.78 is 0. The minimum atomic E-state index is -0.591. The lowest BCUT2D eigenvalue weighted by molar-refractivity contribution is -0.142. The topological polar surface area (TPSA) is 54.8 Å². The maximum absolute atomic E-state index is 12.6. The van der Waals surface area contributed by atoms with Crippen LogP contribution < -0.4 is 0 Å². The minimum absolute atomic E-state index is 0.108. The molecule has 3 rings (SSSR count). The summed E-state index contributed by atoms with van der Waals surface area (Å²) in [4.78, 5) is 23.9. The molecule has 0 bridgehead atoms. The van der Waals surface area contributed by atoms with Crippen LogP contribution in [0.5, 0.6) is 0 Å². The second kappa shape index (κ2) is 6.20. The number of aryl methyl sites for hydroxylation is 2. The van der Waals surface area contributed by atoms with Gasteiger partial charge in [-0.1, -0.05) is 35.5 Å². The van der Waals surface area contributed by atoms with Crippen molar-refractivity contribution in [2.75, 3.05) is 0 Å². The Morgan fingerprint density at radius 2 is 1.87 bits per heavy atom. The van der Waals surface area contributed by atoms with Gasteiger partial charge in [0, 0.05) is 6.20 Å². The number of oxime groups is 1. The Hall–Kier alpha value is -2.69. The molecule has 0 saturated carbocycles. The summed E-state index contributed by atoms with van der Waals surface area (Å²) >= 11 is 0. The van der Waals surface area contributed by atoms with Crippen LogP contribution in [0.2, 0.25) is 0 Å². The summed E-state index contributed by atoms with van der Waals surface area (Å²) in [5.41, 5.74) is 3.83. The van der Waals surface area contributed by atoms with E-state index in [-0.39, 0.29) is 5.91 Å². The van der Waals surface area contributed by atoms with Gasteiger partial charge in [-0.05, 0) is 43.5 Å². The predicted molar refractivity (Wildman–Crippen MR) is 87.8 cm³/mol. The number of nitrogens with zero attached hydrogens (tertiary/aromatic N) is 3. The van der Waals surface area contributed by atoms with Crippen LogP contribution in [0.1, 0.15) is 29.3 Å². The number of hydrogen-bond acceptors (Lipinski definition) is 4. The van der Waals surface area contributed by atoms with Gasteiger partial charge in [0.25, 0.3) is 5.91 Å². The number of benzene rings is 1. The van der Waals surface area contributed by atoms with E-state index in [0.717, 1.165) is 16.7 Å². The molecule has 1 aromatic carbocycles. The van der Waals surface area contributed by atoms with E-state index >= 15 is 0 Å². The Kier molecular flexibility index (Phi) is 4.10. The zero-order chi connectivity index (χ0) is 16.4. The number of carbonyl (C=O) groups is 1. The van der Waals surface area contributed by atoms with Crippen LogP contribution >= 0.6 is 0 Å². The number of amidine groups is 1. The van der Waals surface area contributed by atoms with E-state index in [1.165, 1.54) is 0 Å². The molecule has 5 heteroatoms. The van der Waals surface area contributed by atoms with Crippen molar-refractivity contribution in [2.24, 2.45) is 5.16 Å². The molecule has 2 aromatic rings. The Balaban J connectivity index is 2.01. The second-order valence-electron chi connectivity index (χ2n) is 5.68. The van der Waals surface area contributed by atoms with Crippen molar-refractivity contribution >= 4 is 11.7 Å². The van der Waals surface area contributed by atoms with Gasteiger partial charge in [0.05, 0.1) is 6.54 Å². The van der Waals surface area contributed by atoms with Crippen molar-refractivity contribution in [3.05, 3.63) is 65.0 Å². The molecule has 1 amide bonds. The van der Waals surface area contributed by atoms with Gasteiger partial charge in [-0.2, -0.15) is 0 Å². The maximum Gasteiger partial charge on any atom is 0.272 e. The van der Waals surface area contributed by atoms with Crippen LogP contribution in [0.4, 0.5) is 0 Å². The fourth-order valence-corrected chi connectivity index (χ4v) is 2.55. The lowest BCUT2D eigenvalue weighted by atomic mass is 10.1. The van der Waals surface area contributed by atoms with Crippen LogP contribution in [-0.2, 0) is 16.2 Å². The van der Waals surface area contributed by atoms with Crippen LogP contribution in [0.3, 0.4) is 0 Å². The highest BCUT2D eigenvalue weighted by Crippen LogP contribution is 2.20. The van der Waals surface area contributed by atoms with Crippen molar-refractivity contribution in [1.82, 2.24) is 9.88 Å². The molecular weight excluding hydrogens is 290 g/mol. The number of rotatable bonds is 3. The van der Waals surface area contributed by atoms with Gasteiger partial charge in [0.15, 0.2) is 0 Å². The van der Waals surface area contributed by atoms with Crippen molar-refractivity contribution in [3.8, 4) is 0 Å². The smallest absolute Gasteiger partial charge is 0.272 e. The molecule has 1 atom stereocenters. The Bertz CT molecular complexity index is 770. The molecule has 0 fully saturated rings. The molecule has 5 nitrogen and oxygen atoms in total. The molecule has 1 aliphatic rings. The summed E-state index contributed by atoms with van der Waals surface area (Å²) in [6.45, 7) is 6.14. The number of aromatic nitrogens is 1. The Morgan fingerprint density at radius 1 is 1.13 bits per heavy atom. The summed E-state index contributed by atoms with van der Waals surface area (Å²) in [6, 6.07) is 11.8. The van der Waals surface area contributed by atoms with E-state index in [1.807, 2.05) is 50.2 Å². The fourth-order valence-electron chi connectivity index (χ4n) is 2.55. The van der Waals surface area contributed by atoms with E-state index in [4.69, 9.17) is 4.84 Å². The minimum Gasteiger partial charge on any atom is -0.381 e. The monoisotopic (exact) mass is 309 g/mol. The van der Waals surface area contributed by atoms with Crippen molar-refractivity contribution in [1.29, 1.82) is 0 Å². The molecule has 1 aliphatic heterocycles. The normalized spacial score (nSPS) is 17.7. The van der Waals surface area contributed by atoms with Crippen LogP contribution in [0.25, 0.3) is 0 Å². The third-order valence-corrected chi connectivity index (χ3v) is 3.98. The summed E-state index contributed by atoms with van der Waals surface area (Å²) in [6.07, 6.45) is 1.10. The molecule has 118 valence electrons. The quantitative estimate of drug-likeness (QED) is 0.876. The van der Waals surface area contributed by atoms with Gasteiger partial charge >= 0.3 is 0 Å². The number of hydrogen-bond donors (Lipinski definition) is 0. The second-order valence-corrected chi connectivity index (χ2v) is 5.68. The highest BCUT2D eigenvalue weighted by Gasteiger charge is 2.33. The Morgan fingerprint density at radius 3 is 2.61 bits per heavy atom. The SMILES string of the molecule is Cc1ccccc1CN1C(=O)C(C)ON=C1c1ncccc1C. The van der Waals surface area contributed by atoms with Gasteiger partial charge in [0.2, 0.25) is 11.9 Å². The molecule has 0 spiro atoms. The van der Waals surface area contributed by atoms with Crippen LogP contribution in [-0.4, -0.2) is 27.7 Å². The first-order valence-corrected chi connectivity index (χ1v) is 7.59. The third-order valence-electron chi connectivity index (χ3n) is 3.98. The van der Waals surface area contributed by atoms with E-state index in [1.54, 1.807) is 18.0 Å². The summed E-state index contributed by atoms with van der Waals surface area (Å²) in [5.74, 6) is 0.359. The first-order valence-electron chi connectivity index (χ1n) is 7.59. The average molecular weight is 309 g/mol. The van der Waals surface area contributed by atoms with Crippen molar-refractivity contribution < 1.29 is 9.63 Å². The number of amides is 1. The van der Waals surface area contributed by atoms with E-state index < -0.39 is 6.10 Å². The molecule has 2 heterocycles. The fraction of sp³-hybridized carbons (Fsp3) is 0.278. The van der Waals surface area contributed by atoms with Crippen LogP contribution in [0.15, 0.2) is 47.8 Å². The van der Waals surface area contributed by atoms with E-state index in [2.05, 4.69) is 10.1 Å². The van der Waals surface area contributed by atoms with E-state index in [9.17, 15) is 4.79 Å². The first kappa shape index (κ1) is 15.2. The standard InChI is InChI=1S/C18H19N3O2/c1-12-7-4-5-9-15(12)11-21-17(20-23-14(3)18(21)22)16-13(2)8-6-10-19-16/h4-10,14H,11H2,1-3H3. The van der Waals surface area contributed by atoms with Crippen molar-refractivity contribution in [3.63, 3.8) is 0 Å². The number of carbonyl (C=O) groups excluding carboxylic acids is 1. The zero-order valence-corrected chi connectivity index (χ0v) is 13.5. The highest BCUT2D eigenvalue weighted by molar-refractivity contribution is 6.09.